The van der Waals surface area contributed by atoms with Crippen LogP contribution in [0, 0.1) is 16.7 Å². The van der Waals surface area contributed by atoms with Gasteiger partial charge in [-0.05, 0) is 62.4 Å². The average molecular weight is 468 g/mol. The molecule has 0 atom stereocenters. The summed E-state index contributed by atoms with van der Waals surface area (Å²) in [5.74, 6) is 0.140. The standard InChI is InChI=1S/C10H10N2.C8H10N2O.C2H6.HI.H2/c11-7-9-6-5-8-3-1-2-4-10(8)12-9;1-5(9)7-4-6(11)2-3-8(7)10;1-2;;/h5-6H,1-4H2;2-4,9,11H,10H2,1H3;1-2H3;2*1H. The maximum Gasteiger partial charge on any atom is 0.140 e. The third-order valence-electron chi connectivity index (χ3n) is 3.73. The number of nitrogen functional groups attached to an aromatic ring is 1. The van der Waals surface area contributed by atoms with Crippen molar-refractivity contribution in [2.45, 2.75) is 46.5 Å². The molecule has 3 rings (SSSR count). The summed E-state index contributed by atoms with van der Waals surface area (Å²) in [6.45, 7) is 5.63. The SMILES string of the molecule is CC.CC(=N)c1cc(O)ccc1N.I.N#Cc1ccc2c(n1)CCCC2.[HH]. The predicted octanol–water partition coefficient (Wildman–Crippen LogP) is 5.08. The van der Waals surface area contributed by atoms with Crippen molar-refractivity contribution in [3.05, 3.63) is 52.8 Å². The Hall–Kier alpha value is -2.14. The van der Waals surface area contributed by atoms with E-state index in [9.17, 15) is 0 Å². The van der Waals surface area contributed by atoms with Crippen LogP contribution in [0.3, 0.4) is 0 Å². The van der Waals surface area contributed by atoms with Crippen LogP contribution in [-0.2, 0) is 12.8 Å². The summed E-state index contributed by atoms with van der Waals surface area (Å²) in [4.78, 5) is 4.27. The normalized spacial score (nSPS) is 11.2. The van der Waals surface area contributed by atoms with Gasteiger partial charge in [0.15, 0.2) is 0 Å². The number of halogens is 1. The van der Waals surface area contributed by atoms with Crippen molar-refractivity contribution in [3.63, 3.8) is 0 Å². The van der Waals surface area contributed by atoms with Gasteiger partial charge in [0, 0.05) is 24.1 Å². The fourth-order valence-electron chi connectivity index (χ4n) is 2.51. The highest BCUT2D eigenvalue weighted by molar-refractivity contribution is 14.0. The lowest BCUT2D eigenvalue weighted by Gasteiger charge is -2.13. The summed E-state index contributed by atoms with van der Waals surface area (Å²) in [5.41, 5.74) is 10.0. The average Bonchev–Trinajstić information content (AvgIpc) is 2.65. The number of aryl methyl sites for hydroxylation is 2. The lowest BCUT2D eigenvalue weighted by Crippen LogP contribution is -2.05. The number of hydrogen-bond acceptors (Lipinski definition) is 5. The number of anilines is 1. The number of hydrogen-bond donors (Lipinski definition) is 3. The molecule has 0 amide bonds. The fraction of sp³-hybridized carbons (Fsp3) is 0.350. The molecule has 0 radical (unpaired) electrons. The first-order valence-corrected chi connectivity index (χ1v) is 8.54. The Bertz CT molecular complexity index is 775. The van der Waals surface area contributed by atoms with Crippen molar-refractivity contribution in [1.29, 1.82) is 10.7 Å². The summed E-state index contributed by atoms with van der Waals surface area (Å²) in [5, 5.41) is 24.9. The summed E-state index contributed by atoms with van der Waals surface area (Å²) in [7, 11) is 0. The van der Waals surface area contributed by atoms with E-state index in [0.29, 0.717) is 22.7 Å². The molecule has 5 nitrogen and oxygen atoms in total. The summed E-state index contributed by atoms with van der Waals surface area (Å²) < 4.78 is 0. The van der Waals surface area contributed by atoms with Gasteiger partial charge in [-0.1, -0.05) is 19.9 Å². The predicted molar refractivity (Wildman–Crippen MR) is 119 cm³/mol. The Morgan fingerprint density at radius 2 is 1.88 bits per heavy atom. The fourth-order valence-corrected chi connectivity index (χ4v) is 2.51. The van der Waals surface area contributed by atoms with Gasteiger partial charge in [0.05, 0.1) is 0 Å². The van der Waals surface area contributed by atoms with E-state index >= 15 is 0 Å². The number of pyridine rings is 1. The topological polar surface area (TPSA) is 107 Å². The monoisotopic (exact) mass is 468 g/mol. The minimum Gasteiger partial charge on any atom is -0.508 e. The molecular weight excluding hydrogens is 439 g/mol. The van der Waals surface area contributed by atoms with Gasteiger partial charge in [-0.15, -0.1) is 24.0 Å². The first-order valence-electron chi connectivity index (χ1n) is 8.54. The molecule has 0 aliphatic heterocycles. The summed E-state index contributed by atoms with van der Waals surface area (Å²) in [6, 6.07) is 10.5. The Labute approximate surface area is 174 Å². The Balaban J connectivity index is 0. The van der Waals surface area contributed by atoms with Gasteiger partial charge < -0.3 is 16.2 Å². The van der Waals surface area contributed by atoms with E-state index in [0.717, 1.165) is 18.5 Å². The number of phenols is 1. The number of nitrogens with two attached hydrogens (primary N) is 1. The largest absolute Gasteiger partial charge is 0.508 e. The molecule has 6 heteroatoms. The number of nitrogens with zero attached hydrogens (tertiary/aromatic N) is 2. The highest BCUT2D eigenvalue weighted by Crippen LogP contribution is 2.19. The molecule has 0 saturated carbocycles. The molecular formula is C20H29IN4O. The van der Waals surface area contributed by atoms with E-state index in [2.05, 4.69) is 11.1 Å². The molecule has 0 bridgehead atoms. The first kappa shape index (κ1) is 23.9. The molecule has 1 aliphatic carbocycles. The van der Waals surface area contributed by atoms with Crippen molar-refractivity contribution in [2.24, 2.45) is 0 Å². The van der Waals surface area contributed by atoms with Crippen molar-refractivity contribution >= 4 is 35.4 Å². The number of nitriles is 1. The number of benzene rings is 1. The second kappa shape index (κ2) is 12.3. The van der Waals surface area contributed by atoms with E-state index in [1.165, 1.54) is 30.5 Å². The van der Waals surface area contributed by atoms with E-state index in [4.69, 9.17) is 21.5 Å². The Kier molecular flexibility index (Phi) is 11.2. The highest BCUT2D eigenvalue weighted by Gasteiger charge is 2.10. The van der Waals surface area contributed by atoms with Crippen molar-refractivity contribution in [3.8, 4) is 11.8 Å². The second-order valence-corrected chi connectivity index (χ2v) is 5.52. The molecule has 142 valence electrons. The van der Waals surface area contributed by atoms with E-state index < -0.39 is 0 Å². The number of aromatic nitrogens is 1. The lowest BCUT2D eigenvalue weighted by molar-refractivity contribution is 0.475. The first-order chi connectivity index (χ1) is 12.0. The molecule has 1 aliphatic rings. The van der Waals surface area contributed by atoms with E-state index in [-0.39, 0.29) is 31.2 Å². The van der Waals surface area contributed by atoms with E-state index in [1.54, 1.807) is 13.0 Å². The second-order valence-electron chi connectivity index (χ2n) is 5.52. The maximum absolute atomic E-state index is 9.03. The number of nitrogens with one attached hydrogen (secondary N) is 1. The third kappa shape index (κ3) is 7.00. The van der Waals surface area contributed by atoms with Gasteiger partial charge in [0.2, 0.25) is 0 Å². The lowest BCUT2D eigenvalue weighted by atomic mass is 9.96. The zero-order chi connectivity index (χ0) is 18.8. The molecule has 0 spiro atoms. The van der Waals surface area contributed by atoms with Crippen LogP contribution in [0.4, 0.5) is 5.69 Å². The van der Waals surface area contributed by atoms with Crippen molar-refractivity contribution in [2.75, 3.05) is 5.73 Å². The number of rotatable bonds is 1. The quantitative estimate of drug-likeness (QED) is 0.235. The van der Waals surface area contributed by atoms with Crippen molar-refractivity contribution in [1.82, 2.24) is 4.98 Å². The van der Waals surface area contributed by atoms with Gasteiger partial charge in [-0.2, -0.15) is 5.26 Å². The molecule has 1 aromatic carbocycles. The van der Waals surface area contributed by atoms with Gasteiger partial charge in [0.1, 0.15) is 17.5 Å². The minimum absolute atomic E-state index is 0. The summed E-state index contributed by atoms with van der Waals surface area (Å²) >= 11 is 0. The van der Waals surface area contributed by atoms with Crippen LogP contribution in [0.25, 0.3) is 0 Å². The number of aromatic hydroxyl groups is 1. The van der Waals surface area contributed by atoms with Crippen LogP contribution in [0.2, 0.25) is 0 Å². The van der Waals surface area contributed by atoms with E-state index in [1.807, 2.05) is 26.0 Å². The van der Waals surface area contributed by atoms with Crippen LogP contribution in [-0.4, -0.2) is 15.8 Å². The van der Waals surface area contributed by atoms with Crippen LogP contribution in [0.15, 0.2) is 30.3 Å². The zero-order valence-electron chi connectivity index (χ0n) is 15.5. The Morgan fingerprint density at radius 3 is 2.46 bits per heavy atom. The van der Waals surface area contributed by atoms with Gasteiger partial charge in [0.25, 0.3) is 0 Å². The molecule has 2 aromatic rings. The third-order valence-corrected chi connectivity index (χ3v) is 3.73. The number of fused-ring (bicyclic) bond motifs is 1. The molecule has 4 N–H and O–H groups in total. The van der Waals surface area contributed by atoms with Crippen LogP contribution >= 0.6 is 24.0 Å². The molecule has 0 fully saturated rings. The zero-order valence-corrected chi connectivity index (χ0v) is 17.9. The van der Waals surface area contributed by atoms with Crippen LogP contribution in [0.5, 0.6) is 5.75 Å². The molecule has 1 aromatic heterocycles. The maximum atomic E-state index is 9.03. The molecule has 1 heterocycles. The number of phenolic OH excluding ortho intramolecular Hbond substituents is 1. The molecule has 26 heavy (non-hydrogen) atoms. The highest BCUT2D eigenvalue weighted by atomic mass is 127. The van der Waals surface area contributed by atoms with Crippen LogP contribution in [0.1, 0.15) is 57.6 Å². The smallest absolute Gasteiger partial charge is 0.140 e. The Morgan fingerprint density at radius 1 is 1.23 bits per heavy atom. The molecule has 0 saturated heterocycles. The van der Waals surface area contributed by atoms with Gasteiger partial charge in [-0.3, -0.25) is 0 Å². The van der Waals surface area contributed by atoms with Crippen LogP contribution < -0.4 is 5.73 Å². The van der Waals surface area contributed by atoms with Gasteiger partial charge >= 0.3 is 0 Å². The summed E-state index contributed by atoms with van der Waals surface area (Å²) in [6.07, 6.45) is 4.66. The van der Waals surface area contributed by atoms with Crippen molar-refractivity contribution < 1.29 is 6.53 Å². The van der Waals surface area contributed by atoms with Gasteiger partial charge in [-0.25, -0.2) is 4.98 Å². The molecule has 0 unspecified atom stereocenters. The minimum atomic E-state index is 0.